The number of aryl methyl sites for hydroxylation is 1. The fraction of sp³-hybridized carbons (Fsp3) is 0.235. The third kappa shape index (κ3) is 2.76. The first kappa shape index (κ1) is 13.6. The summed E-state index contributed by atoms with van der Waals surface area (Å²) in [7, 11) is 1.90. The Bertz CT molecular complexity index is 762. The van der Waals surface area contributed by atoms with Gasteiger partial charge < -0.3 is 10.5 Å². The fourth-order valence-corrected chi connectivity index (χ4v) is 2.48. The average molecular weight is 281 g/mol. The lowest BCUT2D eigenvalue weighted by atomic mass is 10.0. The molecule has 0 radical (unpaired) electrons. The van der Waals surface area contributed by atoms with E-state index in [1.807, 2.05) is 44.6 Å². The highest BCUT2D eigenvalue weighted by Crippen LogP contribution is 2.33. The standard InChI is InChI=1S/C17H19N3O/c1-12(18)15-8-7-14-5-3-4-6-16(14)17(15)21-11-13-9-19-20(2)10-13/h3-10,12H,11,18H2,1-2H3/t12-/m0/s1. The maximum absolute atomic E-state index is 6.08. The quantitative estimate of drug-likeness (QED) is 0.799. The molecule has 4 nitrogen and oxygen atoms in total. The summed E-state index contributed by atoms with van der Waals surface area (Å²) in [5, 5.41) is 6.41. The molecule has 2 aromatic carbocycles. The molecule has 1 heterocycles. The third-order valence-electron chi connectivity index (χ3n) is 3.54. The highest BCUT2D eigenvalue weighted by molar-refractivity contribution is 5.89. The Kier molecular flexibility index (Phi) is 3.62. The number of aromatic nitrogens is 2. The summed E-state index contributed by atoms with van der Waals surface area (Å²) in [5.74, 6) is 0.868. The number of nitrogens with zero attached hydrogens (tertiary/aromatic N) is 2. The summed E-state index contributed by atoms with van der Waals surface area (Å²) in [6, 6.07) is 12.3. The lowest BCUT2D eigenvalue weighted by Crippen LogP contribution is -2.08. The smallest absolute Gasteiger partial charge is 0.132 e. The van der Waals surface area contributed by atoms with Crippen LogP contribution in [0.25, 0.3) is 10.8 Å². The van der Waals surface area contributed by atoms with E-state index < -0.39 is 0 Å². The van der Waals surface area contributed by atoms with E-state index in [0.29, 0.717) is 6.61 Å². The van der Waals surface area contributed by atoms with Crippen LogP contribution in [0.1, 0.15) is 24.1 Å². The zero-order chi connectivity index (χ0) is 14.8. The van der Waals surface area contributed by atoms with Gasteiger partial charge in [-0.25, -0.2) is 0 Å². The molecule has 0 aliphatic rings. The summed E-state index contributed by atoms with van der Waals surface area (Å²) >= 11 is 0. The Morgan fingerprint density at radius 2 is 2.05 bits per heavy atom. The van der Waals surface area contributed by atoms with Crippen molar-refractivity contribution in [2.24, 2.45) is 12.8 Å². The van der Waals surface area contributed by atoms with E-state index in [4.69, 9.17) is 10.5 Å². The van der Waals surface area contributed by atoms with Gasteiger partial charge in [-0.15, -0.1) is 0 Å². The summed E-state index contributed by atoms with van der Waals surface area (Å²) in [5.41, 5.74) is 8.15. The molecule has 0 unspecified atom stereocenters. The Morgan fingerprint density at radius 1 is 1.24 bits per heavy atom. The van der Waals surface area contributed by atoms with E-state index >= 15 is 0 Å². The SMILES string of the molecule is C[C@H](N)c1ccc2ccccc2c1OCc1cnn(C)c1. The Hall–Kier alpha value is -2.33. The predicted molar refractivity (Wildman–Crippen MR) is 84.1 cm³/mol. The molecule has 3 aromatic rings. The van der Waals surface area contributed by atoms with Gasteiger partial charge in [0.1, 0.15) is 12.4 Å². The van der Waals surface area contributed by atoms with Crippen LogP contribution in [0.3, 0.4) is 0 Å². The van der Waals surface area contributed by atoms with Crippen LogP contribution >= 0.6 is 0 Å². The minimum Gasteiger partial charge on any atom is -0.488 e. The van der Waals surface area contributed by atoms with Crippen molar-refractivity contribution in [3.05, 3.63) is 59.9 Å². The van der Waals surface area contributed by atoms with Crippen LogP contribution in [0.4, 0.5) is 0 Å². The Labute approximate surface area is 124 Å². The topological polar surface area (TPSA) is 53.1 Å². The highest BCUT2D eigenvalue weighted by atomic mass is 16.5. The summed E-state index contributed by atoms with van der Waals surface area (Å²) in [6.45, 7) is 2.46. The molecule has 1 aromatic heterocycles. The van der Waals surface area contributed by atoms with Crippen LogP contribution in [0.2, 0.25) is 0 Å². The van der Waals surface area contributed by atoms with Gasteiger partial charge in [0.25, 0.3) is 0 Å². The van der Waals surface area contributed by atoms with Crippen LogP contribution in [-0.2, 0) is 13.7 Å². The van der Waals surface area contributed by atoms with Crippen LogP contribution in [-0.4, -0.2) is 9.78 Å². The van der Waals surface area contributed by atoms with Gasteiger partial charge in [0.15, 0.2) is 0 Å². The van der Waals surface area contributed by atoms with Crippen molar-refractivity contribution in [3.63, 3.8) is 0 Å². The number of rotatable bonds is 4. The largest absolute Gasteiger partial charge is 0.488 e. The number of hydrogen-bond acceptors (Lipinski definition) is 3. The van der Waals surface area contributed by atoms with Crippen molar-refractivity contribution >= 4 is 10.8 Å². The van der Waals surface area contributed by atoms with Gasteiger partial charge in [-0.1, -0.05) is 36.4 Å². The van der Waals surface area contributed by atoms with Crippen LogP contribution < -0.4 is 10.5 Å². The number of benzene rings is 2. The zero-order valence-corrected chi connectivity index (χ0v) is 12.3. The maximum Gasteiger partial charge on any atom is 0.132 e. The maximum atomic E-state index is 6.08. The van der Waals surface area contributed by atoms with Crippen LogP contribution in [0, 0.1) is 0 Å². The molecule has 0 aliphatic carbocycles. The second-order valence-corrected chi connectivity index (χ2v) is 5.30. The normalized spacial score (nSPS) is 12.5. The molecule has 108 valence electrons. The molecule has 0 saturated heterocycles. The predicted octanol–water partition coefficient (Wildman–Crippen LogP) is 3.17. The van der Waals surface area contributed by atoms with Gasteiger partial charge in [-0.2, -0.15) is 5.10 Å². The molecule has 0 spiro atoms. The molecule has 0 aliphatic heterocycles. The first-order valence-electron chi connectivity index (χ1n) is 7.02. The van der Waals surface area contributed by atoms with Gasteiger partial charge in [-0.3, -0.25) is 4.68 Å². The first-order chi connectivity index (χ1) is 10.1. The van der Waals surface area contributed by atoms with E-state index in [9.17, 15) is 0 Å². The summed E-state index contributed by atoms with van der Waals surface area (Å²) < 4.78 is 7.85. The van der Waals surface area contributed by atoms with Gasteiger partial charge in [0, 0.05) is 35.8 Å². The van der Waals surface area contributed by atoms with Crippen molar-refractivity contribution in [1.82, 2.24) is 9.78 Å². The summed E-state index contributed by atoms with van der Waals surface area (Å²) in [4.78, 5) is 0. The minimum atomic E-state index is -0.0708. The molecule has 0 amide bonds. The third-order valence-corrected chi connectivity index (χ3v) is 3.54. The fourth-order valence-electron chi connectivity index (χ4n) is 2.48. The first-order valence-corrected chi connectivity index (χ1v) is 7.02. The zero-order valence-electron chi connectivity index (χ0n) is 12.3. The van der Waals surface area contributed by atoms with Gasteiger partial charge in [0.2, 0.25) is 0 Å². The van der Waals surface area contributed by atoms with Crippen LogP contribution in [0.15, 0.2) is 48.8 Å². The molecule has 21 heavy (non-hydrogen) atoms. The number of ether oxygens (including phenoxy) is 1. The molecular weight excluding hydrogens is 262 g/mol. The Morgan fingerprint density at radius 3 is 2.76 bits per heavy atom. The lowest BCUT2D eigenvalue weighted by molar-refractivity contribution is 0.305. The van der Waals surface area contributed by atoms with E-state index in [2.05, 4.69) is 23.3 Å². The van der Waals surface area contributed by atoms with E-state index in [1.54, 1.807) is 4.68 Å². The minimum absolute atomic E-state index is 0.0708. The van der Waals surface area contributed by atoms with Crippen LogP contribution in [0.5, 0.6) is 5.75 Å². The van der Waals surface area contributed by atoms with E-state index in [1.165, 1.54) is 0 Å². The van der Waals surface area contributed by atoms with Crippen molar-refractivity contribution in [1.29, 1.82) is 0 Å². The molecule has 0 fully saturated rings. The lowest BCUT2D eigenvalue weighted by Gasteiger charge is -2.16. The van der Waals surface area contributed by atoms with Crippen molar-refractivity contribution in [3.8, 4) is 5.75 Å². The molecule has 3 rings (SSSR count). The molecule has 1 atom stereocenters. The monoisotopic (exact) mass is 281 g/mol. The molecule has 0 saturated carbocycles. The Balaban J connectivity index is 1.99. The second-order valence-electron chi connectivity index (χ2n) is 5.30. The summed E-state index contributed by atoms with van der Waals surface area (Å²) in [6.07, 6.45) is 3.77. The highest BCUT2D eigenvalue weighted by Gasteiger charge is 2.12. The van der Waals surface area contributed by atoms with E-state index in [0.717, 1.165) is 27.6 Å². The van der Waals surface area contributed by atoms with Crippen molar-refractivity contribution in [2.45, 2.75) is 19.6 Å². The number of hydrogen-bond donors (Lipinski definition) is 1. The van der Waals surface area contributed by atoms with Gasteiger partial charge in [-0.05, 0) is 12.3 Å². The number of fused-ring (bicyclic) bond motifs is 1. The second kappa shape index (κ2) is 5.58. The molecule has 2 N–H and O–H groups in total. The average Bonchev–Trinajstić information content (AvgIpc) is 2.90. The molecular formula is C17H19N3O. The van der Waals surface area contributed by atoms with Gasteiger partial charge in [0.05, 0.1) is 6.20 Å². The molecule has 0 bridgehead atoms. The van der Waals surface area contributed by atoms with E-state index in [-0.39, 0.29) is 6.04 Å². The molecule has 4 heteroatoms. The number of nitrogens with two attached hydrogens (primary N) is 1. The van der Waals surface area contributed by atoms with Crippen molar-refractivity contribution < 1.29 is 4.74 Å². The van der Waals surface area contributed by atoms with Crippen molar-refractivity contribution in [2.75, 3.05) is 0 Å². The van der Waals surface area contributed by atoms with Gasteiger partial charge >= 0.3 is 0 Å².